The first kappa shape index (κ1) is 27.7. The van der Waals surface area contributed by atoms with Gasteiger partial charge in [-0.05, 0) is 45.5 Å². The number of hydrogen-bond acceptors (Lipinski definition) is 5. The zero-order valence-electron chi connectivity index (χ0n) is 24.9. The van der Waals surface area contributed by atoms with Crippen LogP contribution in [0.2, 0.25) is 0 Å². The number of aliphatic imine (C=N–C) groups is 2. The average molecular weight is 577 g/mol. The van der Waals surface area contributed by atoms with Crippen molar-refractivity contribution in [2.45, 2.75) is 37.3 Å². The van der Waals surface area contributed by atoms with E-state index in [0.29, 0.717) is 0 Å². The van der Waals surface area contributed by atoms with Gasteiger partial charge in [-0.25, -0.2) is 0 Å². The van der Waals surface area contributed by atoms with E-state index in [-0.39, 0.29) is 24.2 Å². The lowest BCUT2D eigenvalue weighted by Crippen LogP contribution is -2.26. The molecule has 0 spiro atoms. The lowest BCUT2D eigenvalue weighted by molar-refractivity contribution is 0.305. The first-order chi connectivity index (χ1) is 21.8. The Morgan fingerprint density at radius 1 is 0.500 bits per heavy atom. The van der Waals surface area contributed by atoms with Gasteiger partial charge in [0.05, 0.1) is 31.9 Å². The molecule has 5 aromatic rings. The van der Waals surface area contributed by atoms with Crippen molar-refractivity contribution in [1.82, 2.24) is 9.80 Å². The normalized spacial score (nSPS) is 20.8. The van der Waals surface area contributed by atoms with Crippen molar-refractivity contribution >= 4 is 12.7 Å². The van der Waals surface area contributed by atoms with Crippen LogP contribution < -0.4 is 4.74 Å². The second-order valence-electron chi connectivity index (χ2n) is 11.5. The molecule has 4 atom stereocenters. The van der Waals surface area contributed by atoms with Crippen LogP contribution in [0, 0.1) is 0 Å². The van der Waals surface area contributed by atoms with Crippen LogP contribution in [0.5, 0.6) is 5.75 Å². The standard InChI is InChI=1S/C39H36N4O/c1-44-35-23-29(25-42-27-40-36(31-14-6-2-7-15-31)38(42)33-18-10-4-11-19-33)22-30(24-35)26-43-28-41-37(32-16-8-3-9-17-32)39(43)34-20-12-5-13-21-34/h2-24,27-28,36-39H,25-26H2,1H3. The number of methoxy groups -OCH3 is 1. The van der Waals surface area contributed by atoms with Crippen LogP contribution in [0.1, 0.15) is 57.5 Å². The Hall–Kier alpha value is -5.16. The van der Waals surface area contributed by atoms with Gasteiger partial charge in [0.25, 0.3) is 0 Å². The predicted molar refractivity (Wildman–Crippen MR) is 178 cm³/mol. The van der Waals surface area contributed by atoms with E-state index in [0.717, 1.165) is 18.8 Å². The van der Waals surface area contributed by atoms with Crippen LogP contribution in [-0.2, 0) is 13.1 Å². The van der Waals surface area contributed by atoms with E-state index < -0.39 is 0 Å². The van der Waals surface area contributed by atoms with Crippen LogP contribution in [-0.4, -0.2) is 29.6 Å². The number of benzene rings is 5. The van der Waals surface area contributed by atoms with Gasteiger partial charge in [-0.3, -0.25) is 9.98 Å². The van der Waals surface area contributed by atoms with Crippen molar-refractivity contribution in [2.24, 2.45) is 9.98 Å². The number of nitrogens with zero attached hydrogens (tertiary/aromatic N) is 4. The number of ether oxygens (including phenoxy) is 1. The minimum absolute atomic E-state index is 0.0334. The summed E-state index contributed by atoms with van der Waals surface area (Å²) in [5.74, 6) is 0.858. The quantitative estimate of drug-likeness (QED) is 0.177. The summed E-state index contributed by atoms with van der Waals surface area (Å²) >= 11 is 0. The van der Waals surface area contributed by atoms with Gasteiger partial charge in [-0.15, -0.1) is 0 Å². The lowest BCUT2D eigenvalue weighted by Gasteiger charge is -2.30. The summed E-state index contributed by atoms with van der Waals surface area (Å²) in [4.78, 5) is 14.8. The molecular formula is C39H36N4O. The third kappa shape index (κ3) is 5.73. The van der Waals surface area contributed by atoms with Crippen molar-refractivity contribution in [3.8, 4) is 5.75 Å². The maximum Gasteiger partial charge on any atom is 0.119 e. The van der Waals surface area contributed by atoms with Gasteiger partial charge < -0.3 is 14.5 Å². The fourth-order valence-electron chi connectivity index (χ4n) is 6.60. The fraction of sp³-hybridized carbons (Fsp3) is 0.179. The van der Waals surface area contributed by atoms with Crippen LogP contribution in [0.3, 0.4) is 0 Å². The fourth-order valence-corrected chi connectivity index (χ4v) is 6.60. The Labute approximate surface area is 259 Å². The maximum atomic E-state index is 5.82. The van der Waals surface area contributed by atoms with Crippen molar-refractivity contribution in [3.05, 3.63) is 173 Å². The molecule has 0 saturated heterocycles. The van der Waals surface area contributed by atoms with Gasteiger partial charge in [-0.1, -0.05) is 127 Å². The Bertz CT molecular complexity index is 1600. The molecule has 0 saturated carbocycles. The second-order valence-corrected chi connectivity index (χ2v) is 11.5. The third-order valence-electron chi connectivity index (χ3n) is 8.62. The van der Waals surface area contributed by atoms with Crippen molar-refractivity contribution in [1.29, 1.82) is 0 Å². The number of rotatable bonds is 9. The van der Waals surface area contributed by atoms with Gasteiger partial charge in [-0.2, -0.15) is 0 Å². The molecule has 5 heteroatoms. The zero-order valence-corrected chi connectivity index (χ0v) is 24.9. The molecule has 2 heterocycles. The molecular weight excluding hydrogens is 540 g/mol. The van der Waals surface area contributed by atoms with Gasteiger partial charge >= 0.3 is 0 Å². The molecule has 0 amide bonds. The topological polar surface area (TPSA) is 40.4 Å². The molecule has 0 aliphatic carbocycles. The molecule has 0 radical (unpaired) electrons. The predicted octanol–water partition coefficient (Wildman–Crippen LogP) is 8.35. The van der Waals surface area contributed by atoms with Crippen molar-refractivity contribution in [3.63, 3.8) is 0 Å². The highest BCUT2D eigenvalue weighted by Crippen LogP contribution is 2.42. The van der Waals surface area contributed by atoms with E-state index in [1.54, 1.807) is 7.11 Å². The highest BCUT2D eigenvalue weighted by molar-refractivity contribution is 5.62. The van der Waals surface area contributed by atoms with Crippen molar-refractivity contribution < 1.29 is 4.74 Å². The molecule has 4 unspecified atom stereocenters. The van der Waals surface area contributed by atoms with E-state index in [9.17, 15) is 0 Å². The van der Waals surface area contributed by atoms with Gasteiger partial charge in [0.2, 0.25) is 0 Å². The molecule has 0 fully saturated rings. The summed E-state index contributed by atoms with van der Waals surface area (Å²) in [6.45, 7) is 1.44. The highest BCUT2D eigenvalue weighted by atomic mass is 16.5. The summed E-state index contributed by atoms with van der Waals surface area (Å²) < 4.78 is 5.82. The molecule has 5 nitrogen and oxygen atoms in total. The van der Waals surface area contributed by atoms with E-state index in [1.165, 1.54) is 33.4 Å². The summed E-state index contributed by atoms with van der Waals surface area (Å²) in [7, 11) is 1.74. The molecule has 2 aliphatic heterocycles. The summed E-state index contributed by atoms with van der Waals surface area (Å²) in [5.41, 5.74) is 7.33. The largest absolute Gasteiger partial charge is 0.497 e. The Morgan fingerprint density at radius 3 is 1.23 bits per heavy atom. The molecule has 0 aromatic heterocycles. The monoisotopic (exact) mass is 576 g/mol. The Balaban J connectivity index is 1.17. The zero-order chi connectivity index (χ0) is 29.7. The van der Waals surface area contributed by atoms with Gasteiger partial charge in [0, 0.05) is 13.1 Å². The van der Waals surface area contributed by atoms with Crippen LogP contribution in [0.25, 0.3) is 0 Å². The molecule has 0 N–H and O–H groups in total. The van der Waals surface area contributed by atoms with E-state index in [1.807, 2.05) is 12.7 Å². The molecule has 44 heavy (non-hydrogen) atoms. The SMILES string of the molecule is COc1cc(CN2C=NC(c3ccccc3)C2c2ccccc2)cc(CN2C=NC(c3ccccc3)C2c2ccccc2)c1. The molecule has 7 rings (SSSR count). The third-order valence-corrected chi connectivity index (χ3v) is 8.62. The summed E-state index contributed by atoms with van der Waals surface area (Å²) in [6.07, 6.45) is 4.05. The Kier molecular flexibility index (Phi) is 7.92. The van der Waals surface area contributed by atoms with Crippen LogP contribution in [0.15, 0.2) is 150 Å². The van der Waals surface area contributed by atoms with Crippen molar-refractivity contribution in [2.75, 3.05) is 7.11 Å². The van der Waals surface area contributed by atoms with Gasteiger partial charge in [0.1, 0.15) is 17.8 Å². The molecule has 0 bridgehead atoms. The van der Waals surface area contributed by atoms with Gasteiger partial charge in [0.15, 0.2) is 0 Å². The van der Waals surface area contributed by atoms with E-state index in [2.05, 4.69) is 149 Å². The average Bonchev–Trinajstić information content (AvgIpc) is 3.70. The number of hydrogen-bond donors (Lipinski definition) is 0. The first-order valence-electron chi connectivity index (χ1n) is 15.2. The lowest BCUT2D eigenvalue weighted by atomic mass is 9.93. The first-order valence-corrected chi connectivity index (χ1v) is 15.2. The summed E-state index contributed by atoms with van der Waals surface area (Å²) in [5, 5.41) is 0. The highest BCUT2D eigenvalue weighted by Gasteiger charge is 2.35. The molecule has 2 aliphatic rings. The maximum absolute atomic E-state index is 5.82. The van der Waals surface area contributed by atoms with Crippen LogP contribution >= 0.6 is 0 Å². The minimum Gasteiger partial charge on any atom is -0.497 e. The van der Waals surface area contributed by atoms with Crippen LogP contribution in [0.4, 0.5) is 0 Å². The smallest absolute Gasteiger partial charge is 0.119 e. The molecule has 218 valence electrons. The molecule has 5 aromatic carbocycles. The summed E-state index contributed by atoms with van der Waals surface area (Å²) in [6, 6.07) is 49.5. The van der Waals surface area contributed by atoms with E-state index >= 15 is 0 Å². The minimum atomic E-state index is 0.0334. The Morgan fingerprint density at radius 2 is 0.864 bits per heavy atom. The second kappa shape index (κ2) is 12.6. The van der Waals surface area contributed by atoms with E-state index in [4.69, 9.17) is 14.7 Å².